The summed E-state index contributed by atoms with van der Waals surface area (Å²) in [6.07, 6.45) is -0.146. The molecule has 1 saturated heterocycles. The number of aliphatic hydroxyl groups excluding tert-OH is 3. The number of ether oxygens (including phenoxy) is 2. The van der Waals surface area contributed by atoms with Crippen LogP contribution in [0.25, 0.3) is 0 Å². The molecule has 8 heteroatoms. The number of esters is 2. The van der Waals surface area contributed by atoms with Crippen molar-refractivity contribution < 1.29 is 39.5 Å². The standard InChI is InChI=1S/C20H26O8/c1-9(4-5-21)18(24)27-13-7-20(26,8-22)16-12(23)6-10(2)14(16)17-15(13)11(3)19(25)28-17/h4,6,12-17,21-23,26H,3,5,7-8H2,1-2H3/b9-4-/t12-,13+,14-,15+,16+,17-,20-/m0/s1. The number of rotatable bonds is 4. The highest BCUT2D eigenvalue weighted by Gasteiger charge is 2.62. The Morgan fingerprint density at radius 3 is 2.71 bits per heavy atom. The lowest BCUT2D eigenvalue weighted by Gasteiger charge is -2.38. The van der Waals surface area contributed by atoms with Crippen molar-refractivity contribution in [2.45, 2.75) is 44.2 Å². The molecule has 0 aromatic heterocycles. The summed E-state index contributed by atoms with van der Waals surface area (Å²) in [5.41, 5.74) is -0.732. The van der Waals surface area contributed by atoms with Gasteiger partial charge in [0.2, 0.25) is 0 Å². The van der Waals surface area contributed by atoms with Gasteiger partial charge in [-0.3, -0.25) is 0 Å². The molecule has 0 radical (unpaired) electrons. The van der Waals surface area contributed by atoms with Crippen LogP contribution in [0, 0.1) is 17.8 Å². The predicted molar refractivity (Wildman–Crippen MR) is 96.6 cm³/mol. The van der Waals surface area contributed by atoms with Crippen molar-refractivity contribution in [3.8, 4) is 0 Å². The fourth-order valence-electron chi connectivity index (χ4n) is 4.78. The van der Waals surface area contributed by atoms with Gasteiger partial charge in [0.15, 0.2) is 0 Å². The molecule has 0 aromatic rings. The molecule has 3 aliphatic rings. The van der Waals surface area contributed by atoms with Crippen LogP contribution in [-0.4, -0.2) is 69.5 Å². The molecule has 1 saturated carbocycles. The zero-order valence-electron chi connectivity index (χ0n) is 15.9. The quantitative estimate of drug-likeness (QED) is 0.288. The Kier molecular flexibility index (Phi) is 5.51. The van der Waals surface area contributed by atoms with Crippen molar-refractivity contribution in [1.29, 1.82) is 0 Å². The molecule has 8 nitrogen and oxygen atoms in total. The van der Waals surface area contributed by atoms with E-state index in [2.05, 4.69) is 6.58 Å². The molecule has 154 valence electrons. The number of fused-ring (bicyclic) bond motifs is 3. The third kappa shape index (κ3) is 3.20. The van der Waals surface area contributed by atoms with Crippen molar-refractivity contribution in [2.24, 2.45) is 17.8 Å². The minimum atomic E-state index is -1.76. The van der Waals surface area contributed by atoms with Gasteiger partial charge >= 0.3 is 11.9 Å². The van der Waals surface area contributed by atoms with E-state index < -0.39 is 60.2 Å². The summed E-state index contributed by atoms with van der Waals surface area (Å²) in [5, 5.41) is 40.6. The Bertz CT molecular complexity index is 753. The summed E-state index contributed by atoms with van der Waals surface area (Å²) in [6, 6.07) is 0. The Morgan fingerprint density at radius 1 is 1.43 bits per heavy atom. The highest BCUT2D eigenvalue weighted by molar-refractivity contribution is 5.91. The van der Waals surface area contributed by atoms with Gasteiger partial charge in [0.1, 0.15) is 12.2 Å². The first-order valence-corrected chi connectivity index (χ1v) is 9.22. The molecule has 0 spiro atoms. The second-order valence-electron chi connectivity index (χ2n) is 7.85. The zero-order chi connectivity index (χ0) is 20.8. The Morgan fingerprint density at radius 2 is 2.11 bits per heavy atom. The first-order chi connectivity index (χ1) is 13.1. The highest BCUT2D eigenvalue weighted by Crippen LogP contribution is 2.52. The van der Waals surface area contributed by atoms with Gasteiger partial charge < -0.3 is 29.9 Å². The van der Waals surface area contributed by atoms with Crippen molar-refractivity contribution >= 4 is 11.9 Å². The van der Waals surface area contributed by atoms with Gasteiger partial charge in [-0.2, -0.15) is 0 Å². The fraction of sp³-hybridized carbons (Fsp3) is 0.600. The fourth-order valence-corrected chi connectivity index (χ4v) is 4.78. The van der Waals surface area contributed by atoms with E-state index in [0.717, 1.165) is 5.57 Å². The third-order valence-electron chi connectivity index (χ3n) is 6.16. The van der Waals surface area contributed by atoms with Crippen LogP contribution in [0.3, 0.4) is 0 Å². The van der Waals surface area contributed by atoms with E-state index in [9.17, 15) is 24.9 Å². The van der Waals surface area contributed by atoms with Gasteiger partial charge in [-0.15, -0.1) is 0 Å². The van der Waals surface area contributed by atoms with Gasteiger partial charge in [-0.05, 0) is 19.9 Å². The molecule has 28 heavy (non-hydrogen) atoms. The topological polar surface area (TPSA) is 134 Å². The summed E-state index contributed by atoms with van der Waals surface area (Å²) in [7, 11) is 0. The Labute approximate surface area is 162 Å². The smallest absolute Gasteiger partial charge is 0.334 e. The molecule has 7 atom stereocenters. The first-order valence-electron chi connectivity index (χ1n) is 9.22. The maximum absolute atomic E-state index is 12.4. The molecule has 0 bridgehead atoms. The molecule has 1 aliphatic heterocycles. The summed E-state index contributed by atoms with van der Waals surface area (Å²) in [6.45, 7) is 6.02. The molecule has 4 N–H and O–H groups in total. The SMILES string of the molecule is C=C1C(=O)O[C@H]2[C@H]3C(C)=C[C@H](O)[C@H]3[C@@](O)(CO)C[C@@H](OC(=O)/C(C)=C\CO)[C@@H]12. The van der Waals surface area contributed by atoms with E-state index in [1.807, 2.05) is 0 Å². The van der Waals surface area contributed by atoms with Crippen LogP contribution in [0.4, 0.5) is 0 Å². The van der Waals surface area contributed by atoms with Crippen LogP contribution in [0.1, 0.15) is 20.3 Å². The van der Waals surface area contributed by atoms with E-state index in [0.29, 0.717) is 0 Å². The van der Waals surface area contributed by atoms with Crippen LogP contribution >= 0.6 is 0 Å². The molecular formula is C20H26O8. The van der Waals surface area contributed by atoms with Crippen molar-refractivity contribution in [3.05, 3.63) is 35.5 Å². The Hall–Kier alpha value is -2.00. The number of aliphatic hydroxyl groups is 4. The van der Waals surface area contributed by atoms with Crippen LogP contribution in [0.2, 0.25) is 0 Å². The van der Waals surface area contributed by atoms with Crippen LogP contribution < -0.4 is 0 Å². The minimum Gasteiger partial charge on any atom is -0.458 e. The van der Waals surface area contributed by atoms with Crippen LogP contribution in [-0.2, 0) is 19.1 Å². The average molecular weight is 394 g/mol. The van der Waals surface area contributed by atoms with E-state index >= 15 is 0 Å². The van der Waals surface area contributed by atoms with E-state index in [1.165, 1.54) is 13.0 Å². The summed E-state index contributed by atoms with van der Waals surface area (Å²) < 4.78 is 11.1. The summed E-state index contributed by atoms with van der Waals surface area (Å²) >= 11 is 0. The number of hydrogen-bond donors (Lipinski definition) is 4. The lowest BCUT2D eigenvalue weighted by Crippen LogP contribution is -2.50. The zero-order valence-corrected chi connectivity index (χ0v) is 15.9. The van der Waals surface area contributed by atoms with Crippen LogP contribution in [0.5, 0.6) is 0 Å². The van der Waals surface area contributed by atoms with Gasteiger partial charge in [-0.25, -0.2) is 9.59 Å². The predicted octanol–water partition coefficient (Wildman–Crippen LogP) is -0.385. The second-order valence-corrected chi connectivity index (χ2v) is 7.85. The lowest BCUT2D eigenvalue weighted by atomic mass is 9.75. The molecular weight excluding hydrogens is 368 g/mol. The second kappa shape index (κ2) is 7.44. The maximum atomic E-state index is 12.4. The van der Waals surface area contributed by atoms with Crippen LogP contribution in [0.15, 0.2) is 35.5 Å². The monoisotopic (exact) mass is 394 g/mol. The number of hydrogen-bond acceptors (Lipinski definition) is 8. The molecule has 3 rings (SSSR count). The largest absolute Gasteiger partial charge is 0.458 e. The number of carbonyl (C=O) groups excluding carboxylic acids is 2. The van der Waals surface area contributed by atoms with Crippen molar-refractivity contribution in [3.63, 3.8) is 0 Å². The van der Waals surface area contributed by atoms with E-state index in [4.69, 9.17) is 14.6 Å². The molecule has 0 unspecified atom stereocenters. The Balaban J connectivity index is 2.04. The van der Waals surface area contributed by atoms with Gasteiger partial charge in [0.05, 0.1) is 30.8 Å². The number of carbonyl (C=O) groups is 2. The van der Waals surface area contributed by atoms with Gasteiger partial charge in [0, 0.05) is 29.4 Å². The maximum Gasteiger partial charge on any atom is 0.334 e. The molecule has 2 fully saturated rings. The van der Waals surface area contributed by atoms with E-state index in [1.54, 1.807) is 13.0 Å². The van der Waals surface area contributed by atoms with Gasteiger partial charge in [-0.1, -0.05) is 18.2 Å². The molecule has 2 aliphatic carbocycles. The third-order valence-corrected chi connectivity index (χ3v) is 6.16. The minimum absolute atomic E-state index is 0.127. The first kappa shape index (κ1) is 20.7. The van der Waals surface area contributed by atoms with Gasteiger partial charge in [0.25, 0.3) is 0 Å². The molecule has 0 aromatic carbocycles. The average Bonchev–Trinajstić information content (AvgIpc) is 3.05. The molecule has 1 heterocycles. The highest BCUT2D eigenvalue weighted by atomic mass is 16.6. The molecule has 0 amide bonds. The summed E-state index contributed by atoms with van der Waals surface area (Å²) in [5.74, 6) is -3.41. The lowest BCUT2D eigenvalue weighted by molar-refractivity contribution is -0.154. The van der Waals surface area contributed by atoms with E-state index in [-0.39, 0.29) is 24.2 Å². The normalized spacial score (nSPS) is 40.4. The van der Waals surface area contributed by atoms with Crippen molar-refractivity contribution in [1.82, 2.24) is 0 Å². The van der Waals surface area contributed by atoms with Crippen molar-refractivity contribution in [2.75, 3.05) is 13.2 Å². The summed E-state index contributed by atoms with van der Waals surface area (Å²) in [4.78, 5) is 24.6.